The number of thioether (sulfide) groups is 1. The third kappa shape index (κ3) is 3.95. The predicted octanol–water partition coefficient (Wildman–Crippen LogP) is 7.37. The maximum absolute atomic E-state index is 11.3. The predicted molar refractivity (Wildman–Crippen MR) is 127 cm³/mol. The number of nitrogens with one attached hydrogen (secondary N) is 1. The van der Waals surface area contributed by atoms with Crippen LogP contribution in [0.1, 0.15) is 35.1 Å². The monoisotopic (exact) mass is 448 g/mol. The van der Waals surface area contributed by atoms with Crippen molar-refractivity contribution in [2.24, 2.45) is 5.92 Å². The van der Waals surface area contributed by atoms with E-state index < -0.39 is 0 Å². The number of allylic oxidation sites excluding steroid dienone is 2. The van der Waals surface area contributed by atoms with Gasteiger partial charge in [0.2, 0.25) is 0 Å². The molecule has 31 heavy (non-hydrogen) atoms. The van der Waals surface area contributed by atoms with E-state index in [0.717, 1.165) is 23.4 Å². The lowest BCUT2D eigenvalue weighted by atomic mass is 9.76. The first-order chi connectivity index (χ1) is 15.1. The number of fused-ring (bicyclic) bond motifs is 3. The van der Waals surface area contributed by atoms with Crippen LogP contribution < -0.4 is 5.32 Å². The molecule has 1 heterocycles. The Morgan fingerprint density at radius 1 is 1.06 bits per heavy atom. The van der Waals surface area contributed by atoms with Crippen LogP contribution in [0.5, 0.6) is 0 Å². The molecule has 0 fully saturated rings. The average Bonchev–Trinajstić information content (AvgIpc) is 3.28. The highest BCUT2D eigenvalue weighted by Gasteiger charge is 2.39. The molecule has 1 aliphatic heterocycles. The van der Waals surface area contributed by atoms with E-state index in [1.54, 1.807) is 12.1 Å². The van der Waals surface area contributed by atoms with Gasteiger partial charge in [-0.05, 0) is 47.7 Å². The van der Waals surface area contributed by atoms with Gasteiger partial charge in [-0.25, -0.2) is 0 Å². The lowest BCUT2D eigenvalue weighted by molar-refractivity contribution is -0.384. The minimum Gasteiger partial charge on any atom is -0.378 e. The maximum Gasteiger partial charge on any atom is 0.269 e. The van der Waals surface area contributed by atoms with E-state index in [1.165, 1.54) is 22.1 Å². The van der Waals surface area contributed by atoms with Crippen LogP contribution in [0.2, 0.25) is 5.02 Å². The summed E-state index contributed by atoms with van der Waals surface area (Å²) < 4.78 is 0. The van der Waals surface area contributed by atoms with E-state index in [-0.39, 0.29) is 28.5 Å². The molecule has 0 saturated carbocycles. The van der Waals surface area contributed by atoms with Crippen molar-refractivity contribution in [3.8, 4) is 0 Å². The van der Waals surface area contributed by atoms with Gasteiger partial charge in [0.15, 0.2) is 0 Å². The van der Waals surface area contributed by atoms with E-state index in [0.29, 0.717) is 5.02 Å². The first-order valence-corrected chi connectivity index (χ1v) is 11.6. The molecule has 156 valence electrons. The van der Waals surface area contributed by atoms with Crippen molar-refractivity contribution in [3.05, 3.63) is 111 Å². The molecule has 1 N–H and O–H groups in total. The van der Waals surface area contributed by atoms with Crippen LogP contribution >= 0.6 is 23.4 Å². The number of nitro benzene ring substituents is 1. The molecule has 3 atom stereocenters. The van der Waals surface area contributed by atoms with Crippen molar-refractivity contribution in [2.75, 3.05) is 5.32 Å². The summed E-state index contributed by atoms with van der Waals surface area (Å²) in [7, 11) is 0. The van der Waals surface area contributed by atoms with Gasteiger partial charge in [0.25, 0.3) is 5.69 Å². The van der Waals surface area contributed by atoms with Gasteiger partial charge in [-0.2, -0.15) is 0 Å². The van der Waals surface area contributed by atoms with Crippen molar-refractivity contribution >= 4 is 34.7 Å². The van der Waals surface area contributed by atoms with Crippen molar-refractivity contribution < 1.29 is 4.92 Å². The Morgan fingerprint density at radius 3 is 2.71 bits per heavy atom. The molecular weight excluding hydrogens is 428 g/mol. The third-order valence-corrected chi connectivity index (χ3v) is 7.53. The molecule has 0 radical (unpaired) electrons. The summed E-state index contributed by atoms with van der Waals surface area (Å²) in [6, 6.07) is 21.7. The summed E-state index contributed by atoms with van der Waals surface area (Å²) in [5.41, 5.74) is 4.53. The van der Waals surface area contributed by atoms with Gasteiger partial charge in [-0.1, -0.05) is 54.1 Å². The third-order valence-electron chi connectivity index (χ3n) is 6.10. The number of non-ortho nitro benzene ring substituents is 1. The molecule has 2 aliphatic rings. The number of nitrogens with zero attached hydrogens (tertiary/aromatic N) is 1. The summed E-state index contributed by atoms with van der Waals surface area (Å²) >= 11 is 8.32. The van der Waals surface area contributed by atoms with Gasteiger partial charge in [0.05, 0.1) is 11.0 Å². The highest BCUT2D eigenvalue weighted by atomic mass is 35.5. The zero-order valence-electron chi connectivity index (χ0n) is 16.7. The Bertz CT molecular complexity index is 1170. The smallest absolute Gasteiger partial charge is 0.269 e. The fraction of sp³-hybridized carbons (Fsp3) is 0.200. The highest BCUT2D eigenvalue weighted by molar-refractivity contribution is 7.98. The topological polar surface area (TPSA) is 55.2 Å². The maximum atomic E-state index is 11.3. The molecule has 1 aliphatic carbocycles. The van der Waals surface area contributed by atoms with E-state index in [2.05, 4.69) is 59.9 Å². The van der Waals surface area contributed by atoms with E-state index >= 15 is 0 Å². The highest BCUT2D eigenvalue weighted by Crippen LogP contribution is 2.51. The summed E-state index contributed by atoms with van der Waals surface area (Å²) in [6.07, 6.45) is 5.41. The summed E-state index contributed by atoms with van der Waals surface area (Å²) in [5.74, 6) is 1.47. The number of anilines is 1. The summed E-state index contributed by atoms with van der Waals surface area (Å²) in [4.78, 5) is 12.2. The molecule has 0 bridgehead atoms. The van der Waals surface area contributed by atoms with Crippen LogP contribution in [-0.4, -0.2) is 4.92 Å². The van der Waals surface area contributed by atoms with Gasteiger partial charge < -0.3 is 5.32 Å². The van der Waals surface area contributed by atoms with Crippen molar-refractivity contribution in [1.29, 1.82) is 0 Å². The van der Waals surface area contributed by atoms with E-state index in [4.69, 9.17) is 11.6 Å². The van der Waals surface area contributed by atoms with Crippen LogP contribution in [0.25, 0.3) is 0 Å². The molecule has 3 aromatic carbocycles. The van der Waals surface area contributed by atoms with Crippen molar-refractivity contribution in [3.63, 3.8) is 0 Å². The fourth-order valence-electron chi connectivity index (χ4n) is 4.61. The Morgan fingerprint density at radius 2 is 1.90 bits per heavy atom. The van der Waals surface area contributed by atoms with E-state index in [1.807, 2.05) is 17.8 Å². The van der Waals surface area contributed by atoms with Crippen LogP contribution in [0.15, 0.2) is 83.8 Å². The van der Waals surface area contributed by atoms with Gasteiger partial charge in [-0.15, -0.1) is 11.8 Å². The molecule has 0 saturated heterocycles. The van der Waals surface area contributed by atoms with Crippen LogP contribution in [0.4, 0.5) is 11.4 Å². The fourth-order valence-corrected chi connectivity index (χ4v) is 5.71. The number of halogens is 1. The number of rotatable bonds is 5. The Balaban J connectivity index is 1.45. The molecule has 3 aromatic rings. The normalized spacial score (nSPS) is 21.3. The molecule has 0 amide bonds. The van der Waals surface area contributed by atoms with E-state index in [9.17, 15) is 10.1 Å². The quantitative estimate of drug-likeness (QED) is 0.191. The van der Waals surface area contributed by atoms with Crippen molar-refractivity contribution in [1.82, 2.24) is 0 Å². The second kappa shape index (κ2) is 8.40. The number of benzene rings is 3. The average molecular weight is 449 g/mol. The number of hydrogen-bond acceptors (Lipinski definition) is 4. The second-order valence-corrected chi connectivity index (χ2v) is 9.42. The van der Waals surface area contributed by atoms with Gasteiger partial charge in [0, 0.05) is 45.0 Å². The zero-order valence-corrected chi connectivity index (χ0v) is 18.3. The van der Waals surface area contributed by atoms with Gasteiger partial charge in [-0.3, -0.25) is 10.1 Å². The van der Waals surface area contributed by atoms with Crippen LogP contribution in [-0.2, 0) is 5.75 Å². The minimum absolute atomic E-state index is 0.0653. The van der Waals surface area contributed by atoms with Gasteiger partial charge >= 0.3 is 0 Å². The second-order valence-electron chi connectivity index (χ2n) is 7.96. The lowest BCUT2D eigenvalue weighted by Gasteiger charge is -2.38. The summed E-state index contributed by atoms with van der Waals surface area (Å²) in [6.45, 7) is 0. The van der Waals surface area contributed by atoms with Gasteiger partial charge in [0.1, 0.15) is 0 Å². The van der Waals surface area contributed by atoms with Crippen LogP contribution in [0, 0.1) is 16.0 Å². The Labute approximate surface area is 190 Å². The standard InChI is InChI=1S/C25H21ClN2O2S/c26-23-11-10-17(28(29)30)14-22(23)25-20-8-4-7-19(20)21-13-16(9-12-24(21)27-25)15-31-18-5-2-1-3-6-18/h1-7,9-14,19-20,25,27H,8,15H2/t19-,20-,25-/m1/s1. The molecule has 4 nitrogen and oxygen atoms in total. The van der Waals surface area contributed by atoms with Crippen molar-refractivity contribution in [2.45, 2.75) is 29.0 Å². The molecule has 0 unspecified atom stereocenters. The van der Waals surface area contributed by atoms with Crippen LogP contribution in [0.3, 0.4) is 0 Å². The molecule has 0 spiro atoms. The Kier molecular flexibility index (Phi) is 5.47. The Hall–Kier alpha value is -2.76. The zero-order chi connectivity index (χ0) is 21.4. The lowest BCUT2D eigenvalue weighted by Crippen LogP contribution is -2.29. The minimum atomic E-state index is -0.363. The number of nitro groups is 1. The molecular formula is C25H21ClN2O2S. The molecule has 5 rings (SSSR count). The number of hydrogen-bond donors (Lipinski definition) is 1. The SMILES string of the molecule is O=[N+]([O-])c1ccc(Cl)c([C@@H]2Nc3ccc(CSc4ccccc4)cc3[C@@H]3C=CC[C@H]32)c1. The first kappa shape index (κ1) is 20.2. The summed E-state index contributed by atoms with van der Waals surface area (Å²) in [5, 5.41) is 15.5. The molecule has 6 heteroatoms. The molecule has 0 aromatic heterocycles. The largest absolute Gasteiger partial charge is 0.378 e. The first-order valence-electron chi connectivity index (χ1n) is 10.3.